The van der Waals surface area contributed by atoms with Crippen LogP contribution >= 0.6 is 12.4 Å². The molecule has 0 aromatic carbocycles. The minimum atomic E-state index is -0.398. The lowest BCUT2D eigenvalue weighted by molar-refractivity contribution is 0.348. The van der Waals surface area contributed by atoms with Crippen LogP contribution in [0.5, 0.6) is 5.88 Å². The average Bonchev–Trinajstić information content (AvgIpc) is 2.94. The third-order valence-electron chi connectivity index (χ3n) is 2.84. The molecule has 0 radical (unpaired) electrons. The molecule has 7 heteroatoms. The van der Waals surface area contributed by atoms with Crippen LogP contribution in [0.4, 0.5) is 0 Å². The number of halogens is 1. The van der Waals surface area contributed by atoms with Gasteiger partial charge in [0.2, 0.25) is 17.6 Å². The number of hydrogen-bond acceptors (Lipinski definition) is 6. The Balaban J connectivity index is 0.00000120. The van der Waals surface area contributed by atoms with E-state index in [9.17, 15) is 0 Å². The maximum absolute atomic E-state index is 5.97. The minimum Gasteiger partial charge on any atom is -0.481 e. The smallest absolute Gasteiger partial charge is 0.247 e. The monoisotopic (exact) mass is 268 g/mol. The van der Waals surface area contributed by atoms with E-state index in [1.165, 1.54) is 0 Å². The summed E-state index contributed by atoms with van der Waals surface area (Å²) in [5.74, 6) is 1.56. The normalized spacial score (nSPS) is 15.9. The van der Waals surface area contributed by atoms with Gasteiger partial charge in [0.15, 0.2) is 0 Å². The van der Waals surface area contributed by atoms with Crippen molar-refractivity contribution in [3.8, 4) is 17.3 Å². The molecule has 0 bridgehead atoms. The van der Waals surface area contributed by atoms with Crippen molar-refractivity contribution in [2.24, 2.45) is 5.73 Å². The highest BCUT2D eigenvalue weighted by Gasteiger charge is 2.45. The molecule has 0 amide bonds. The Hall–Kier alpha value is -1.66. The van der Waals surface area contributed by atoms with Crippen LogP contribution < -0.4 is 10.5 Å². The quantitative estimate of drug-likeness (QED) is 0.908. The van der Waals surface area contributed by atoms with E-state index in [4.69, 9.17) is 15.0 Å². The van der Waals surface area contributed by atoms with Gasteiger partial charge in [-0.3, -0.25) is 0 Å². The predicted octanol–water partition coefficient (Wildman–Crippen LogP) is 1.51. The second-order valence-corrected chi connectivity index (χ2v) is 4.17. The van der Waals surface area contributed by atoms with Crippen molar-refractivity contribution in [3.05, 3.63) is 24.2 Å². The van der Waals surface area contributed by atoms with Gasteiger partial charge in [-0.2, -0.15) is 4.98 Å². The third-order valence-corrected chi connectivity index (χ3v) is 2.84. The summed E-state index contributed by atoms with van der Waals surface area (Å²) < 4.78 is 10.1. The van der Waals surface area contributed by atoms with Crippen molar-refractivity contribution in [2.45, 2.75) is 18.4 Å². The summed E-state index contributed by atoms with van der Waals surface area (Å²) in [6.45, 7) is 0. The van der Waals surface area contributed by atoms with E-state index < -0.39 is 5.54 Å². The molecule has 2 aromatic heterocycles. The van der Waals surface area contributed by atoms with Gasteiger partial charge in [0.25, 0.3) is 0 Å². The molecule has 0 unspecified atom stereocenters. The Bertz CT molecular complexity index is 536. The van der Waals surface area contributed by atoms with Crippen LogP contribution in [-0.2, 0) is 5.54 Å². The summed E-state index contributed by atoms with van der Waals surface area (Å²) in [4.78, 5) is 8.37. The summed E-state index contributed by atoms with van der Waals surface area (Å²) in [5.41, 5.74) is 6.36. The van der Waals surface area contributed by atoms with E-state index >= 15 is 0 Å². The lowest BCUT2D eigenvalue weighted by atomic mass is 10.2. The zero-order valence-corrected chi connectivity index (χ0v) is 10.6. The number of ether oxygens (including phenoxy) is 1. The van der Waals surface area contributed by atoms with E-state index in [1.807, 2.05) is 6.07 Å². The molecule has 0 aliphatic heterocycles. The molecule has 96 valence electrons. The van der Waals surface area contributed by atoms with Crippen molar-refractivity contribution in [1.82, 2.24) is 15.1 Å². The van der Waals surface area contributed by atoms with Crippen LogP contribution in [0.15, 0.2) is 22.9 Å². The Labute approximate surface area is 110 Å². The second kappa shape index (κ2) is 4.55. The first-order valence-electron chi connectivity index (χ1n) is 5.35. The van der Waals surface area contributed by atoms with Gasteiger partial charge in [0.1, 0.15) is 0 Å². The minimum absolute atomic E-state index is 0. The summed E-state index contributed by atoms with van der Waals surface area (Å²) >= 11 is 0. The number of nitrogens with two attached hydrogens (primary N) is 1. The number of pyridine rings is 1. The summed E-state index contributed by atoms with van der Waals surface area (Å²) in [5, 5.41) is 3.90. The van der Waals surface area contributed by atoms with Gasteiger partial charge in [-0.05, 0) is 18.9 Å². The standard InChI is InChI=1S/C11H12N4O2.ClH/c1-16-8-3-2-7(6-13-8)9-14-10(17-15-9)11(12)4-5-11;/h2-3,6H,4-5,12H2,1H3;1H. The molecular weight excluding hydrogens is 256 g/mol. The molecule has 0 atom stereocenters. The molecule has 0 spiro atoms. The zero-order chi connectivity index (χ0) is 11.9. The summed E-state index contributed by atoms with van der Waals surface area (Å²) in [6.07, 6.45) is 3.44. The lowest BCUT2D eigenvalue weighted by Crippen LogP contribution is -2.18. The SMILES string of the molecule is COc1ccc(-c2noc(C3(N)CC3)n2)cn1.Cl. The molecular formula is C11H13ClN4O2. The van der Waals surface area contributed by atoms with E-state index in [0.29, 0.717) is 17.6 Å². The van der Waals surface area contributed by atoms with Crippen LogP contribution in [0, 0.1) is 0 Å². The van der Waals surface area contributed by atoms with Gasteiger partial charge in [-0.15, -0.1) is 12.4 Å². The fraction of sp³-hybridized carbons (Fsp3) is 0.364. The molecule has 2 N–H and O–H groups in total. The number of nitrogens with zero attached hydrogens (tertiary/aromatic N) is 3. The first kappa shape index (κ1) is 12.8. The van der Waals surface area contributed by atoms with Gasteiger partial charge in [0, 0.05) is 17.8 Å². The van der Waals surface area contributed by atoms with E-state index in [-0.39, 0.29) is 12.4 Å². The first-order chi connectivity index (χ1) is 8.21. The van der Waals surface area contributed by atoms with Gasteiger partial charge < -0.3 is 15.0 Å². The van der Waals surface area contributed by atoms with Gasteiger partial charge in [0.05, 0.1) is 12.6 Å². The highest BCUT2D eigenvalue weighted by molar-refractivity contribution is 5.85. The molecule has 2 heterocycles. The van der Waals surface area contributed by atoms with E-state index in [0.717, 1.165) is 18.4 Å². The highest BCUT2D eigenvalue weighted by atomic mass is 35.5. The Kier molecular flexibility index (Phi) is 3.23. The molecule has 1 aliphatic carbocycles. The Morgan fingerprint density at radius 3 is 2.72 bits per heavy atom. The zero-order valence-electron chi connectivity index (χ0n) is 9.79. The van der Waals surface area contributed by atoms with Gasteiger partial charge >= 0.3 is 0 Å². The van der Waals surface area contributed by atoms with Gasteiger partial charge in [-0.25, -0.2) is 4.98 Å². The fourth-order valence-electron chi connectivity index (χ4n) is 1.52. The Morgan fingerprint density at radius 1 is 1.39 bits per heavy atom. The third kappa shape index (κ3) is 2.16. The number of hydrogen-bond donors (Lipinski definition) is 1. The van der Waals surface area contributed by atoms with Crippen LogP contribution in [0.2, 0.25) is 0 Å². The maximum atomic E-state index is 5.97. The van der Waals surface area contributed by atoms with Crippen molar-refractivity contribution in [1.29, 1.82) is 0 Å². The van der Waals surface area contributed by atoms with Crippen molar-refractivity contribution >= 4 is 12.4 Å². The summed E-state index contributed by atoms with van der Waals surface area (Å²) in [7, 11) is 1.57. The molecule has 1 aliphatic rings. The maximum Gasteiger partial charge on any atom is 0.247 e. The molecule has 6 nitrogen and oxygen atoms in total. The molecule has 1 fully saturated rings. The van der Waals surface area contributed by atoms with Crippen LogP contribution in [0.25, 0.3) is 11.4 Å². The molecule has 2 aromatic rings. The second-order valence-electron chi connectivity index (χ2n) is 4.17. The molecule has 0 saturated heterocycles. The van der Waals surface area contributed by atoms with Crippen molar-refractivity contribution in [3.63, 3.8) is 0 Å². The largest absolute Gasteiger partial charge is 0.481 e. The summed E-state index contributed by atoms with van der Waals surface area (Å²) in [6, 6.07) is 3.58. The van der Waals surface area contributed by atoms with E-state index in [1.54, 1.807) is 19.4 Å². The van der Waals surface area contributed by atoms with Crippen LogP contribution in [0.1, 0.15) is 18.7 Å². The van der Waals surface area contributed by atoms with Crippen molar-refractivity contribution in [2.75, 3.05) is 7.11 Å². The topological polar surface area (TPSA) is 87.1 Å². The highest BCUT2D eigenvalue weighted by Crippen LogP contribution is 2.42. The molecule has 3 rings (SSSR count). The first-order valence-corrected chi connectivity index (χ1v) is 5.35. The molecule has 18 heavy (non-hydrogen) atoms. The number of rotatable bonds is 3. The predicted molar refractivity (Wildman–Crippen MR) is 66.4 cm³/mol. The van der Waals surface area contributed by atoms with Crippen LogP contribution in [-0.4, -0.2) is 22.2 Å². The lowest BCUT2D eigenvalue weighted by Gasteiger charge is -1.99. The average molecular weight is 269 g/mol. The van der Waals surface area contributed by atoms with Gasteiger partial charge in [-0.1, -0.05) is 5.16 Å². The number of methoxy groups -OCH3 is 1. The van der Waals surface area contributed by atoms with E-state index in [2.05, 4.69) is 15.1 Å². The van der Waals surface area contributed by atoms with Crippen molar-refractivity contribution < 1.29 is 9.26 Å². The fourth-order valence-corrected chi connectivity index (χ4v) is 1.52. The molecule has 1 saturated carbocycles. The van der Waals surface area contributed by atoms with Crippen LogP contribution in [0.3, 0.4) is 0 Å². The number of aromatic nitrogens is 3. The Morgan fingerprint density at radius 2 is 2.17 bits per heavy atom.